The Morgan fingerprint density at radius 1 is 1.65 bits per heavy atom. The Kier molecular flexibility index (Phi) is 3.47. The fraction of sp³-hybridized carbons (Fsp3) is 0.500. The van der Waals surface area contributed by atoms with Crippen LogP contribution in [0.25, 0.3) is 0 Å². The zero-order valence-corrected chi connectivity index (χ0v) is 10.4. The van der Waals surface area contributed by atoms with Gasteiger partial charge < -0.3 is 10.0 Å². The Hall–Kier alpha value is -1.36. The number of carbonyl (C=O) groups is 2. The molecule has 1 amide bonds. The summed E-state index contributed by atoms with van der Waals surface area (Å²) in [7, 11) is 0. The number of aryl methyl sites for hydroxylation is 1. The molecule has 0 aromatic carbocycles. The van der Waals surface area contributed by atoms with E-state index >= 15 is 0 Å². The van der Waals surface area contributed by atoms with Crippen LogP contribution in [0.15, 0.2) is 12.1 Å². The Morgan fingerprint density at radius 2 is 2.35 bits per heavy atom. The number of thiophene rings is 1. The molecular weight excluding hydrogens is 238 g/mol. The number of amides is 1. The highest BCUT2D eigenvalue weighted by atomic mass is 32.1. The molecular formula is C12H15NO3S. The maximum absolute atomic E-state index is 11.3. The maximum atomic E-state index is 11.3. The van der Waals surface area contributed by atoms with Gasteiger partial charge in [-0.15, -0.1) is 11.3 Å². The van der Waals surface area contributed by atoms with Gasteiger partial charge in [-0.2, -0.15) is 0 Å². The molecule has 1 N–H and O–H groups in total. The van der Waals surface area contributed by atoms with Crippen LogP contribution in [0.5, 0.6) is 0 Å². The molecule has 0 aliphatic heterocycles. The summed E-state index contributed by atoms with van der Waals surface area (Å²) in [5.74, 6) is -0.950. The summed E-state index contributed by atoms with van der Waals surface area (Å²) < 4.78 is 0. The standard InChI is InChI=1S/C12H15NO3S/c1-2-9-5-6-10(17-9)11(12(15)16)13(7-14)8-3-4-8/h5-8,11H,2-4H2,1H3,(H,15,16). The van der Waals surface area contributed by atoms with Crippen LogP contribution in [-0.4, -0.2) is 28.4 Å². The van der Waals surface area contributed by atoms with Gasteiger partial charge in [0.1, 0.15) is 0 Å². The van der Waals surface area contributed by atoms with Crippen molar-refractivity contribution in [2.24, 2.45) is 0 Å². The molecule has 1 fully saturated rings. The van der Waals surface area contributed by atoms with Gasteiger partial charge in [-0.1, -0.05) is 6.92 Å². The number of hydrogen-bond donors (Lipinski definition) is 1. The smallest absolute Gasteiger partial charge is 0.331 e. The molecule has 1 aliphatic carbocycles. The van der Waals surface area contributed by atoms with Crippen molar-refractivity contribution < 1.29 is 14.7 Å². The van der Waals surface area contributed by atoms with Crippen LogP contribution >= 0.6 is 11.3 Å². The Morgan fingerprint density at radius 3 is 2.76 bits per heavy atom. The minimum Gasteiger partial charge on any atom is -0.479 e. The van der Waals surface area contributed by atoms with Crippen molar-refractivity contribution in [2.75, 3.05) is 0 Å². The number of carboxylic acids is 1. The van der Waals surface area contributed by atoms with Crippen molar-refractivity contribution in [3.05, 3.63) is 21.9 Å². The quantitative estimate of drug-likeness (QED) is 0.789. The molecule has 0 spiro atoms. The summed E-state index contributed by atoms with van der Waals surface area (Å²) in [6.45, 7) is 2.03. The van der Waals surface area contributed by atoms with Gasteiger partial charge in [0.25, 0.3) is 0 Å². The fourth-order valence-electron chi connectivity index (χ4n) is 1.86. The average molecular weight is 253 g/mol. The number of nitrogens with zero attached hydrogens (tertiary/aromatic N) is 1. The summed E-state index contributed by atoms with van der Waals surface area (Å²) in [5.41, 5.74) is 0. The number of hydrogen-bond acceptors (Lipinski definition) is 3. The van der Waals surface area contributed by atoms with Gasteiger partial charge in [-0.25, -0.2) is 4.79 Å². The van der Waals surface area contributed by atoms with Crippen molar-refractivity contribution in [3.63, 3.8) is 0 Å². The first-order valence-electron chi connectivity index (χ1n) is 5.71. The molecule has 1 unspecified atom stereocenters. The number of rotatable bonds is 6. The van der Waals surface area contributed by atoms with Gasteiger partial charge >= 0.3 is 5.97 Å². The summed E-state index contributed by atoms with van der Waals surface area (Å²) >= 11 is 1.48. The predicted octanol–water partition coefficient (Wildman–Crippen LogP) is 2.06. The van der Waals surface area contributed by atoms with Crippen molar-refractivity contribution in [2.45, 2.75) is 38.3 Å². The van der Waals surface area contributed by atoms with Crippen molar-refractivity contribution in [1.29, 1.82) is 0 Å². The van der Waals surface area contributed by atoms with Gasteiger partial charge in [0.05, 0.1) is 0 Å². The highest BCUT2D eigenvalue weighted by molar-refractivity contribution is 7.12. The zero-order chi connectivity index (χ0) is 12.4. The lowest BCUT2D eigenvalue weighted by Gasteiger charge is -2.23. The molecule has 0 bridgehead atoms. The van der Waals surface area contributed by atoms with E-state index in [9.17, 15) is 14.7 Å². The molecule has 1 aliphatic rings. The van der Waals surface area contributed by atoms with Crippen molar-refractivity contribution in [1.82, 2.24) is 4.90 Å². The molecule has 0 radical (unpaired) electrons. The number of carboxylic acid groups (broad SMARTS) is 1. The molecule has 1 aromatic rings. The largest absolute Gasteiger partial charge is 0.479 e. The van der Waals surface area contributed by atoms with Gasteiger partial charge in [-0.05, 0) is 31.4 Å². The topological polar surface area (TPSA) is 57.6 Å². The molecule has 17 heavy (non-hydrogen) atoms. The molecule has 4 nitrogen and oxygen atoms in total. The predicted molar refractivity (Wildman–Crippen MR) is 65.0 cm³/mol. The van der Waals surface area contributed by atoms with E-state index in [1.165, 1.54) is 16.2 Å². The van der Waals surface area contributed by atoms with Crippen LogP contribution in [0.1, 0.15) is 35.6 Å². The van der Waals surface area contributed by atoms with Crippen LogP contribution in [0.4, 0.5) is 0 Å². The van der Waals surface area contributed by atoms with E-state index in [2.05, 4.69) is 0 Å². The average Bonchev–Trinajstić information content (AvgIpc) is 3.03. The second kappa shape index (κ2) is 4.87. The molecule has 1 atom stereocenters. The second-order valence-electron chi connectivity index (χ2n) is 4.18. The molecule has 1 heterocycles. The van der Waals surface area contributed by atoms with E-state index < -0.39 is 12.0 Å². The third kappa shape index (κ3) is 2.49. The van der Waals surface area contributed by atoms with Crippen LogP contribution < -0.4 is 0 Å². The minimum atomic E-state index is -0.950. The molecule has 0 saturated heterocycles. The van der Waals surface area contributed by atoms with E-state index in [1.54, 1.807) is 0 Å². The zero-order valence-electron chi connectivity index (χ0n) is 9.63. The normalized spacial score (nSPS) is 16.5. The summed E-state index contributed by atoms with van der Waals surface area (Å²) in [5, 5.41) is 9.29. The monoisotopic (exact) mass is 253 g/mol. The van der Waals surface area contributed by atoms with Crippen LogP contribution in [0.2, 0.25) is 0 Å². The number of aliphatic carboxylic acids is 1. The lowest BCUT2D eigenvalue weighted by Crippen LogP contribution is -2.34. The highest BCUT2D eigenvalue weighted by Crippen LogP contribution is 2.35. The van der Waals surface area contributed by atoms with Crippen LogP contribution in [-0.2, 0) is 16.0 Å². The minimum absolute atomic E-state index is 0.112. The Bertz CT molecular complexity index is 425. The Balaban J connectivity index is 2.26. The first-order valence-corrected chi connectivity index (χ1v) is 6.53. The maximum Gasteiger partial charge on any atom is 0.331 e. The van der Waals surface area contributed by atoms with Crippen LogP contribution in [0.3, 0.4) is 0 Å². The lowest BCUT2D eigenvalue weighted by atomic mass is 10.2. The third-order valence-corrected chi connectivity index (χ3v) is 4.20. The van der Waals surface area contributed by atoms with Gasteiger partial charge in [0.15, 0.2) is 6.04 Å². The van der Waals surface area contributed by atoms with Gasteiger partial charge in [0.2, 0.25) is 6.41 Å². The van der Waals surface area contributed by atoms with Gasteiger partial charge in [-0.3, -0.25) is 4.79 Å². The third-order valence-electron chi connectivity index (χ3n) is 2.92. The fourth-order valence-corrected chi connectivity index (χ4v) is 2.91. The summed E-state index contributed by atoms with van der Waals surface area (Å²) in [4.78, 5) is 25.7. The number of carbonyl (C=O) groups excluding carboxylic acids is 1. The van der Waals surface area contributed by atoms with Crippen molar-refractivity contribution >= 4 is 23.7 Å². The molecule has 5 heteroatoms. The molecule has 2 rings (SSSR count). The molecule has 1 saturated carbocycles. The van der Waals surface area contributed by atoms with Crippen molar-refractivity contribution in [3.8, 4) is 0 Å². The van der Waals surface area contributed by atoms with Crippen LogP contribution in [0, 0.1) is 0 Å². The van der Waals surface area contributed by atoms with E-state index in [4.69, 9.17) is 0 Å². The highest BCUT2D eigenvalue weighted by Gasteiger charge is 2.38. The lowest BCUT2D eigenvalue weighted by molar-refractivity contribution is -0.147. The molecule has 92 valence electrons. The van der Waals surface area contributed by atoms with E-state index in [-0.39, 0.29) is 6.04 Å². The second-order valence-corrected chi connectivity index (χ2v) is 5.38. The summed E-state index contributed by atoms with van der Waals surface area (Å²) in [6.07, 6.45) is 3.38. The van der Waals surface area contributed by atoms with Gasteiger partial charge in [0, 0.05) is 15.8 Å². The summed E-state index contributed by atoms with van der Waals surface area (Å²) in [6, 6.07) is 3.05. The first kappa shape index (κ1) is 12.1. The molecule has 1 aromatic heterocycles. The first-order chi connectivity index (χ1) is 8.17. The van der Waals surface area contributed by atoms with E-state index in [1.807, 2.05) is 19.1 Å². The van der Waals surface area contributed by atoms with E-state index in [0.29, 0.717) is 6.41 Å². The van der Waals surface area contributed by atoms with E-state index in [0.717, 1.165) is 29.0 Å². The Labute approximate surface area is 104 Å². The SMILES string of the molecule is CCc1ccc(C(C(=O)O)N(C=O)C2CC2)s1.